The molecule has 1 aromatic carbocycles. The predicted octanol–water partition coefficient (Wildman–Crippen LogP) is 3.67. The summed E-state index contributed by atoms with van der Waals surface area (Å²) in [6.45, 7) is 0. The van der Waals surface area contributed by atoms with Crippen LogP contribution in [0.1, 0.15) is 21.7 Å². The molecule has 0 atom stereocenters. The van der Waals surface area contributed by atoms with Gasteiger partial charge in [-0.3, -0.25) is 4.79 Å². The molecule has 1 amide bonds. The van der Waals surface area contributed by atoms with Crippen LogP contribution >= 0.6 is 22.9 Å². The number of aryl methyl sites for hydroxylation is 1. The number of nitrogens with one attached hydrogen (secondary N) is 1. The van der Waals surface area contributed by atoms with E-state index in [1.54, 1.807) is 17.4 Å². The summed E-state index contributed by atoms with van der Waals surface area (Å²) in [5, 5.41) is 13.7. The number of carboxylic acid groups (broad SMARTS) is 1. The van der Waals surface area contributed by atoms with Gasteiger partial charge in [-0.2, -0.15) is 0 Å². The maximum atomic E-state index is 11.8. The second-order valence-corrected chi connectivity index (χ2v) is 5.57. The van der Waals surface area contributed by atoms with Gasteiger partial charge in [0, 0.05) is 17.0 Å². The summed E-state index contributed by atoms with van der Waals surface area (Å²) < 4.78 is 0. The van der Waals surface area contributed by atoms with Gasteiger partial charge in [-0.15, -0.1) is 11.3 Å². The molecule has 104 valence electrons. The number of anilines is 1. The highest BCUT2D eigenvalue weighted by Gasteiger charge is 2.11. The molecule has 0 unspecified atom stereocenters. The van der Waals surface area contributed by atoms with Crippen LogP contribution < -0.4 is 5.32 Å². The van der Waals surface area contributed by atoms with Gasteiger partial charge in [0.05, 0.1) is 10.6 Å². The number of thiophene rings is 1. The summed E-state index contributed by atoms with van der Waals surface area (Å²) in [6.07, 6.45) is 1.02. The SMILES string of the molecule is O=C(CCc1cccs1)Nc1ccc(Cl)c(C(=O)O)c1. The molecule has 0 fully saturated rings. The summed E-state index contributed by atoms with van der Waals surface area (Å²) >= 11 is 7.37. The van der Waals surface area contributed by atoms with Crippen molar-refractivity contribution in [2.24, 2.45) is 0 Å². The van der Waals surface area contributed by atoms with E-state index in [-0.39, 0.29) is 16.5 Å². The Bertz CT molecular complexity index is 625. The zero-order valence-corrected chi connectivity index (χ0v) is 12.0. The zero-order chi connectivity index (χ0) is 14.5. The number of carbonyl (C=O) groups excluding carboxylic acids is 1. The second-order valence-electron chi connectivity index (χ2n) is 4.13. The number of carboxylic acids is 1. The fourth-order valence-corrected chi connectivity index (χ4v) is 2.59. The first-order chi connectivity index (χ1) is 9.56. The number of rotatable bonds is 5. The van der Waals surface area contributed by atoms with E-state index in [9.17, 15) is 9.59 Å². The van der Waals surface area contributed by atoms with Gasteiger partial charge in [0.25, 0.3) is 0 Å². The van der Waals surface area contributed by atoms with E-state index in [1.165, 1.54) is 12.1 Å². The molecule has 1 aromatic heterocycles. The van der Waals surface area contributed by atoms with E-state index in [4.69, 9.17) is 16.7 Å². The third-order valence-corrected chi connectivity index (χ3v) is 3.92. The topological polar surface area (TPSA) is 66.4 Å². The second kappa shape index (κ2) is 6.54. The first kappa shape index (κ1) is 14.6. The van der Waals surface area contributed by atoms with Gasteiger partial charge >= 0.3 is 5.97 Å². The van der Waals surface area contributed by atoms with Crippen LogP contribution in [0.4, 0.5) is 5.69 Å². The number of aromatic carboxylic acids is 1. The van der Waals surface area contributed by atoms with Crippen molar-refractivity contribution >= 4 is 40.5 Å². The van der Waals surface area contributed by atoms with E-state index >= 15 is 0 Å². The van der Waals surface area contributed by atoms with Gasteiger partial charge in [0.2, 0.25) is 5.91 Å². The van der Waals surface area contributed by atoms with Crippen LogP contribution in [0.2, 0.25) is 5.02 Å². The van der Waals surface area contributed by atoms with Crippen LogP contribution in [0.15, 0.2) is 35.7 Å². The molecular weight excluding hydrogens is 298 g/mol. The Morgan fingerprint density at radius 3 is 2.75 bits per heavy atom. The summed E-state index contributed by atoms with van der Waals surface area (Å²) in [7, 11) is 0. The monoisotopic (exact) mass is 309 g/mol. The van der Waals surface area contributed by atoms with Crippen LogP contribution in [0, 0.1) is 0 Å². The Labute approximate surface area is 125 Å². The van der Waals surface area contributed by atoms with Crippen LogP contribution in [0.3, 0.4) is 0 Å². The van der Waals surface area contributed by atoms with Crippen molar-refractivity contribution in [2.45, 2.75) is 12.8 Å². The Balaban J connectivity index is 1.97. The number of benzene rings is 1. The largest absolute Gasteiger partial charge is 0.478 e. The number of amides is 1. The minimum Gasteiger partial charge on any atom is -0.478 e. The quantitative estimate of drug-likeness (QED) is 0.885. The Hall–Kier alpha value is -1.85. The van der Waals surface area contributed by atoms with Crippen LogP contribution in [-0.4, -0.2) is 17.0 Å². The fourth-order valence-electron chi connectivity index (χ4n) is 1.68. The molecule has 2 aromatic rings. The lowest BCUT2D eigenvalue weighted by atomic mass is 10.2. The average Bonchev–Trinajstić information content (AvgIpc) is 2.91. The standard InChI is InChI=1S/C14H12ClNO3S/c15-12-5-3-9(8-11(12)14(18)19)16-13(17)6-4-10-2-1-7-20-10/h1-3,5,7-8H,4,6H2,(H,16,17)(H,18,19). The number of halogens is 1. The highest BCUT2D eigenvalue weighted by molar-refractivity contribution is 7.09. The third-order valence-electron chi connectivity index (χ3n) is 2.66. The summed E-state index contributed by atoms with van der Waals surface area (Å²) in [5.74, 6) is -1.28. The maximum Gasteiger partial charge on any atom is 0.337 e. The van der Waals surface area contributed by atoms with E-state index in [0.717, 1.165) is 4.88 Å². The molecule has 0 aliphatic carbocycles. The molecule has 0 saturated carbocycles. The van der Waals surface area contributed by atoms with Crippen molar-refractivity contribution in [1.29, 1.82) is 0 Å². The van der Waals surface area contributed by atoms with E-state index in [2.05, 4.69) is 5.32 Å². The Morgan fingerprint density at radius 2 is 2.10 bits per heavy atom. The molecule has 6 heteroatoms. The van der Waals surface area contributed by atoms with Gasteiger partial charge in [-0.1, -0.05) is 17.7 Å². The highest BCUT2D eigenvalue weighted by atomic mass is 35.5. The van der Waals surface area contributed by atoms with Crippen molar-refractivity contribution in [3.05, 3.63) is 51.2 Å². The Morgan fingerprint density at radius 1 is 1.30 bits per heavy atom. The minimum atomic E-state index is -1.12. The zero-order valence-electron chi connectivity index (χ0n) is 10.4. The molecule has 20 heavy (non-hydrogen) atoms. The summed E-state index contributed by atoms with van der Waals surface area (Å²) in [5.41, 5.74) is 0.408. The molecule has 0 aliphatic rings. The van der Waals surface area contributed by atoms with Gasteiger partial charge < -0.3 is 10.4 Å². The highest BCUT2D eigenvalue weighted by Crippen LogP contribution is 2.21. The van der Waals surface area contributed by atoms with Crippen LogP contribution in [0.5, 0.6) is 0 Å². The smallest absolute Gasteiger partial charge is 0.337 e. The first-order valence-electron chi connectivity index (χ1n) is 5.91. The lowest BCUT2D eigenvalue weighted by Gasteiger charge is -2.06. The average molecular weight is 310 g/mol. The number of hydrogen-bond donors (Lipinski definition) is 2. The Kier molecular flexibility index (Phi) is 4.76. The van der Waals surface area contributed by atoms with Crippen molar-refractivity contribution in [2.75, 3.05) is 5.32 Å². The first-order valence-corrected chi connectivity index (χ1v) is 7.17. The molecule has 1 heterocycles. The number of hydrogen-bond acceptors (Lipinski definition) is 3. The van der Waals surface area contributed by atoms with Gasteiger partial charge in [-0.25, -0.2) is 4.79 Å². The maximum absolute atomic E-state index is 11.8. The lowest BCUT2D eigenvalue weighted by Crippen LogP contribution is -2.12. The summed E-state index contributed by atoms with van der Waals surface area (Å²) in [4.78, 5) is 23.9. The van der Waals surface area contributed by atoms with Gasteiger partial charge in [-0.05, 0) is 36.1 Å². The summed E-state index contributed by atoms with van der Waals surface area (Å²) in [6, 6.07) is 8.31. The molecule has 0 radical (unpaired) electrons. The molecule has 4 nitrogen and oxygen atoms in total. The lowest BCUT2D eigenvalue weighted by molar-refractivity contribution is -0.116. The van der Waals surface area contributed by atoms with Crippen molar-refractivity contribution in [3.8, 4) is 0 Å². The minimum absolute atomic E-state index is 0.0253. The van der Waals surface area contributed by atoms with Gasteiger partial charge in [0.15, 0.2) is 0 Å². The van der Waals surface area contributed by atoms with Crippen molar-refractivity contribution in [1.82, 2.24) is 0 Å². The fraction of sp³-hybridized carbons (Fsp3) is 0.143. The van der Waals surface area contributed by atoms with E-state index in [1.807, 2.05) is 17.5 Å². The third kappa shape index (κ3) is 3.82. The van der Waals surface area contributed by atoms with Crippen LogP contribution in [0.25, 0.3) is 0 Å². The molecule has 2 N–H and O–H groups in total. The van der Waals surface area contributed by atoms with E-state index < -0.39 is 5.97 Å². The molecule has 0 saturated heterocycles. The van der Waals surface area contributed by atoms with Gasteiger partial charge in [0.1, 0.15) is 0 Å². The normalized spacial score (nSPS) is 10.2. The van der Waals surface area contributed by atoms with Crippen LogP contribution in [-0.2, 0) is 11.2 Å². The predicted molar refractivity (Wildman–Crippen MR) is 79.7 cm³/mol. The van der Waals surface area contributed by atoms with Crippen molar-refractivity contribution in [3.63, 3.8) is 0 Å². The number of carbonyl (C=O) groups is 2. The van der Waals surface area contributed by atoms with Crippen molar-refractivity contribution < 1.29 is 14.7 Å². The molecule has 0 bridgehead atoms. The molecule has 0 aliphatic heterocycles. The molecule has 2 rings (SSSR count). The molecule has 0 spiro atoms. The molecular formula is C14H12ClNO3S. The van der Waals surface area contributed by atoms with E-state index in [0.29, 0.717) is 18.5 Å².